The lowest BCUT2D eigenvalue weighted by Gasteiger charge is -2.10. The highest BCUT2D eigenvalue weighted by Gasteiger charge is 2.10. The second-order valence-electron chi connectivity index (χ2n) is 4.39. The van der Waals surface area contributed by atoms with Crippen LogP contribution in [0, 0.1) is 18.2 Å². The number of aryl methyl sites for hydroxylation is 1. The molecule has 0 fully saturated rings. The van der Waals surface area contributed by atoms with E-state index in [1.807, 2.05) is 6.92 Å². The first kappa shape index (κ1) is 14.3. The van der Waals surface area contributed by atoms with Gasteiger partial charge in [-0.25, -0.2) is 4.39 Å². The second-order valence-corrected chi connectivity index (χ2v) is 4.80. The van der Waals surface area contributed by atoms with Crippen molar-refractivity contribution < 1.29 is 9.13 Å². The maximum Gasteiger partial charge on any atom is 0.140 e. The van der Waals surface area contributed by atoms with E-state index in [9.17, 15) is 4.39 Å². The maximum atomic E-state index is 14.0. The number of nitrogens with one attached hydrogen (secondary N) is 1. The molecule has 0 unspecified atom stereocenters. The van der Waals surface area contributed by atoms with E-state index < -0.39 is 5.82 Å². The lowest BCUT2D eigenvalue weighted by molar-refractivity contribution is 0.299. The molecule has 0 aromatic heterocycles. The zero-order valence-electron chi connectivity index (χ0n) is 10.9. The minimum absolute atomic E-state index is 0.0635. The van der Waals surface area contributed by atoms with Crippen molar-refractivity contribution in [1.29, 1.82) is 5.41 Å². The summed E-state index contributed by atoms with van der Waals surface area (Å²) in [6, 6.07) is 9.95. The van der Waals surface area contributed by atoms with Crippen LogP contribution in [0.2, 0.25) is 5.02 Å². The third-order valence-electron chi connectivity index (χ3n) is 2.89. The van der Waals surface area contributed by atoms with Gasteiger partial charge in [-0.2, -0.15) is 0 Å². The van der Waals surface area contributed by atoms with E-state index in [-0.39, 0.29) is 18.0 Å². The smallest absolute Gasteiger partial charge is 0.140 e. The van der Waals surface area contributed by atoms with E-state index in [0.29, 0.717) is 16.3 Å². The van der Waals surface area contributed by atoms with Crippen molar-refractivity contribution in [1.82, 2.24) is 0 Å². The Morgan fingerprint density at radius 1 is 1.35 bits per heavy atom. The number of rotatable bonds is 4. The molecule has 0 saturated carbocycles. The molecule has 3 nitrogen and oxygen atoms in total. The van der Waals surface area contributed by atoms with Crippen molar-refractivity contribution in [2.75, 3.05) is 0 Å². The zero-order chi connectivity index (χ0) is 14.7. The van der Waals surface area contributed by atoms with E-state index in [4.69, 9.17) is 27.5 Å². The Balaban J connectivity index is 2.17. The van der Waals surface area contributed by atoms with Gasteiger partial charge in [0.05, 0.1) is 5.56 Å². The molecule has 0 amide bonds. The molecule has 20 heavy (non-hydrogen) atoms. The number of hydrogen-bond acceptors (Lipinski definition) is 2. The normalized spacial score (nSPS) is 10.3. The van der Waals surface area contributed by atoms with Gasteiger partial charge in [-0.05, 0) is 36.8 Å². The first-order chi connectivity index (χ1) is 9.49. The number of nitrogens with two attached hydrogens (primary N) is 1. The van der Waals surface area contributed by atoms with Crippen molar-refractivity contribution in [3.05, 3.63) is 63.9 Å². The van der Waals surface area contributed by atoms with Gasteiger partial charge in [0.25, 0.3) is 0 Å². The van der Waals surface area contributed by atoms with Crippen LogP contribution in [0.3, 0.4) is 0 Å². The van der Waals surface area contributed by atoms with E-state index in [1.54, 1.807) is 30.3 Å². The molecule has 0 aliphatic heterocycles. The van der Waals surface area contributed by atoms with Crippen LogP contribution in [0.1, 0.15) is 16.7 Å². The van der Waals surface area contributed by atoms with Gasteiger partial charge in [-0.3, -0.25) is 5.41 Å². The van der Waals surface area contributed by atoms with Crippen LogP contribution >= 0.6 is 11.6 Å². The molecule has 5 heteroatoms. The first-order valence-electron chi connectivity index (χ1n) is 6.00. The second kappa shape index (κ2) is 5.92. The van der Waals surface area contributed by atoms with Gasteiger partial charge in [-0.1, -0.05) is 23.7 Å². The Morgan fingerprint density at radius 3 is 2.75 bits per heavy atom. The van der Waals surface area contributed by atoms with Crippen LogP contribution in [0.5, 0.6) is 5.75 Å². The molecule has 2 aromatic carbocycles. The Morgan fingerprint density at radius 2 is 2.10 bits per heavy atom. The summed E-state index contributed by atoms with van der Waals surface area (Å²) in [6.07, 6.45) is 0. The molecule has 0 aliphatic carbocycles. The molecule has 104 valence electrons. The minimum Gasteiger partial charge on any atom is -0.489 e. The predicted octanol–water partition coefficient (Wildman–Crippen LogP) is 3.65. The Kier molecular flexibility index (Phi) is 4.25. The van der Waals surface area contributed by atoms with Crippen molar-refractivity contribution in [3.8, 4) is 5.75 Å². The van der Waals surface area contributed by atoms with Gasteiger partial charge in [0.2, 0.25) is 0 Å². The number of hydrogen-bond donors (Lipinski definition) is 2. The van der Waals surface area contributed by atoms with Gasteiger partial charge < -0.3 is 10.5 Å². The van der Waals surface area contributed by atoms with Gasteiger partial charge in [0.1, 0.15) is 24.0 Å². The predicted molar refractivity (Wildman–Crippen MR) is 77.9 cm³/mol. The van der Waals surface area contributed by atoms with E-state index in [1.165, 1.54) is 6.07 Å². The van der Waals surface area contributed by atoms with Gasteiger partial charge in [0, 0.05) is 10.6 Å². The summed E-state index contributed by atoms with van der Waals surface area (Å²) >= 11 is 5.93. The number of ether oxygens (including phenoxy) is 1. The molecule has 0 radical (unpaired) electrons. The molecule has 2 rings (SSSR count). The highest BCUT2D eigenvalue weighted by Crippen LogP contribution is 2.22. The van der Waals surface area contributed by atoms with E-state index >= 15 is 0 Å². The molecule has 0 bridgehead atoms. The molecule has 0 atom stereocenters. The summed E-state index contributed by atoms with van der Waals surface area (Å²) in [5.41, 5.74) is 6.64. The molecular weight excluding hydrogens is 279 g/mol. The first-order valence-corrected chi connectivity index (χ1v) is 6.37. The summed E-state index contributed by atoms with van der Waals surface area (Å²) in [5, 5.41) is 7.96. The molecule has 0 heterocycles. The zero-order valence-corrected chi connectivity index (χ0v) is 11.7. The fraction of sp³-hybridized carbons (Fsp3) is 0.133. The summed E-state index contributed by atoms with van der Waals surface area (Å²) in [4.78, 5) is 0. The molecule has 0 aliphatic rings. The van der Waals surface area contributed by atoms with Gasteiger partial charge >= 0.3 is 0 Å². The summed E-state index contributed by atoms with van der Waals surface area (Å²) in [5.74, 6) is -0.211. The van der Waals surface area contributed by atoms with Crippen LogP contribution in [-0.2, 0) is 6.61 Å². The highest BCUT2D eigenvalue weighted by atomic mass is 35.5. The monoisotopic (exact) mass is 292 g/mol. The molecular formula is C15H14ClFN2O. The molecule has 0 spiro atoms. The Labute approximate surface area is 121 Å². The lowest BCUT2D eigenvalue weighted by Crippen LogP contribution is -2.14. The summed E-state index contributed by atoms with van der Waals surface area (Å²) < 4.78 is 19.6. The third-order valence-corrected chi connectivity index (χ3v) is 3.32. The number of halogens is 2. The SMILES string of the molecule is Cc1cc(OCc2cccc(C(=N)N)c2F)ccc1Cl. The topological polar surface area (TPSA) is 59.1 Å². The Bertz CT molecular complexity index is 658. The van der Waals surface area contributed by atoms with Crippen molar-refractivity contribution in [3.63, 3.8) is 0 Å². The summed E-state index contributed by atoms with van der Waals surface area (Å²) in [7, 11) is 0. The average Bonchev–Trinajstić information content (AvgIpc) is 2.41. The van der Waals surface area contributed by atoms with Crippen molar-refractivity contribution in [2.24, 2.45) is 5.73 Å². The average molecular weight is 293 g/mol. The van der Waals surface area contributed by atoms with Crippen LogP contribution in [0.15, 0.2) is 36.4 Å². The van der Waals surface area contributed by atoms with Crippen molar-refractivity contribution >= 4 is 17.4 Å². The molecule has 0 saturated heterocycles. The quantitative estimate of drug-likeness (QED) is 0.667. The fourth-order valence-corrected chi connectivity index (χ4v) is 1.88. The molecule has 3 N–H and O–H groups in total. The van der Waals surface area contributed by atoms with Gasteiger partial charge in [0.15, 0.2) is 0 Å². The van der Waals surface area contributed by atoms with Crippen LogP contribution < -0.4 is 10.5 Å². The van der Waals surface area contributed by atoms with Crippen molar-refractivity contribution in [2.45, 2.75) is 13.5 Å². The molecule has 2 aromatic rings. The van der Waals surface area contributed by atoms with Gasteiger partial charge in [-0.15, -0.1) is 0 Å². The van der Waals surface area contributed by atoms with Crippen LogP contribution in [0.4, 0.5) is 4.39 Å². The van der Waals surface area contributed by atoms with Crippen LogP contribution in [-0.4, -0.2) is 5.84 Å². The summed E-state index contributed by atoms with van der Waals surface area (Å²) in [6.45, 7) is 1.93. The largest absolute Gasteiger partial charge is 0.489 e. The Hall–Kier alpha value is -2.07. The standard InChI is InChI=1S/C15H14ClFN2O/c1-9-7-11(5-6-13(9)16)20-8-10-3-2-4-12(14(10)17)15(18)19/h2-7H,8H2,1H3,(H3,18,19). The van der Waals surface area contributed by atoms with Crippen LogP contribution in [0.25, 0.3) is 0 Å². The maximum absolute atomic E-state index is 14.0. The third kappa shape index (κ3) is 3.08. The van der Waals surface area contributed by atoms with E-state index in [2.05, 4.69) is 0 Å². The number of amidine groups is 1. The number of nitrogen functional groups attached to an aromatic ring is 1. The lowest BCUT2D eigenvalue weighted by atomic mass is 10.1. The fourth-order valence-electron chi connectivity index (χ4n) is 1.77. The highest BCUT2D eigenvalue weighted by molar-refractivity contribution is 6.31. The van der Waals surface area contributed by atoms with E-state index in [0.717, 1.165) is 5.56 Å². The minimum atomic E-state index is -0.523. The number of benzene rings is 2.